The largest absolute Gasteiger partial charge is 0.311 e. The first-order valence-electron chi connectivity index (χ1n) is 5.51. The molecule has 0 spiro atoms. The third kappa shape index (κ3) is 3.16. The molecule has 0 aliphatic carbocycles. The summed E-state index contributed by atoms with van der Waals surface area (Å²) in [6.07, 6.45) is 0. The van der Waals surface area contributed by atoms with Crippen LogP contribution in [-0.4, -0.2) is 13.0 Å². The zero-order valence-electron chi connectivity index (χ0n) is 10.1. The second kappa shape index (κ2) is 5.75. The molecule has 0 radical (unpaired) electrons. The number of benzene rings is 2. The average Bonchev–Trinajstić information content (AvgIpc) is 2.37. The summed E-state index contributed by atoms with van der Waals surface area (Å²) in [7, 11) is 1.60. The third-order valence-electron chi connectivity index (χ3n) is 2.69. The Hall–Kier alpha value is -1.33. The first kappa shape index (κ1) is 14.1. The Morgan fingerprint density at radius 1 is 1.26 bits per heavy atom. The van der Waals surface area contributed by atoms with Gasteiger partial charge in [0.05, 0.1) is 5.56 Å². The van der Waals surface area contributed by atoms with Crippen molar-refractivity contribution in [3.8, 4) is 0 Å². The van der Waals surface area contributed by atoms with Crippen LogP contribution in [0.3, 0.4) is 0 Å². The Balaban J connectivity index is 2.33. The monoisotopic (exact) mass is 339 g/mol. The van der Waals surface area contributed by atoms with Crippen molar-refractivity contribution in [3.63, 3.8) is 0 Å². The quantitative estimate of drug-likeness (QED) is 0.815. The van der Waals surface area contributed by atoms with Crippen molar-refractivity contribution in [1.29, 1.82) is 0 Å². The number of rotatable bonds is 2. The predicted octanol–water partition coefficient (Wildman–Crippen LogP) is 4.15. The Kier molecular flexibility index (Phi) is 4.27. The van der Waals surface area contributed by atoms with Gasteiger partial charge in [0.15, 0.2) is 0 Å². The van der Waals surface area contributed by atoms with Gasteiger partial charge in [-0.25, -0.2) is 4.39 Å². The summed E-state index contributed by atoms with van der Waals surface area (Å²) in [6.45, 7) is 0. The molecule has 98 valence electrons. The summed E-state index contributed by atoms with van der Waals surface area (Å²) in [5.74, 6) is -0.609. The van der Waals surface area contributed by atoms with Crippen LogP contribution in [0.1, 0.15) is 10.4 Å². The van der Waals surface area contributed by atoms with Crippen molar-refractivity contribution < 1.29 is 9.18 Å². The normalized spacial score (nSPS) is 10.3. The first-order valence-corrected chi connectivity index (χ1v) is 6.75. The van der Waals surface area contributed by atoms with E-state index in [-0.39, 0.29) is 11.7 Å². The van der Waals surface area contributed by atoms with E-state index in [2.05, 4.69) is 28.6 Å². The van der Waals surface area contributed by atoms with Crippen LogP contribution in [0.15, 0.2) is 51.8 Å². The number of nitrogens with zero attached hydrogens (tertiary/aromatic N) is 1. The van der Waals surface area contributed by atoms with Crippen molar-refractivity contribution in [2.24, 2.45) is 0 Å². The zero-order chi connectivity index (χ0) is 14.0. The molecule has 2 aromatic rings. The van der Waals surface area contributed by atoms with E-state index in [0.717, 1.165) is 4.47 Å². The average molecular weight is 340 g/mol. The molecule has 0 aliphatic heterocycles. The SMILES string of the molecule is CN(C(=O)c1ccc(Br)cc1S)c1cccc(F)c1. The predicted molar refractivity (Wildman–Crippen MR) is 80.5 cm³/mol. The number of carbonyl (C=O) groups is 1. The summed E-state index contributed by atoms with van der Waals surface area (Å²) < 4.78 is 14.0. The van der Waals surface area contributed by atoms with Crippen LogP contribution < -0.4 is 4.90 Å². The van der Waals surface area contributed by atoms with E-state index in [9.17, 15) is 9.18 Å². The first-order chi connectivity index (χ1) is 8.99. The van der Waals surface area contributed by atoms with Gasteiger partial charge in [0.25, 0.3) is 5.91 Å². The molecule has 1 amide bonds. The van der Waals surface area contributed by atoms with E-state index in [1.54, 1.807) is 37.4 Å². The molecule has 0 fully saturated rings. The van der Waals surface area contributed by atoms with Gasteiger partial charge in [0, 0.05) is 22.1 Å². The molecule has 19 heavy (non-hydrogen) atoms. The maximum atomic E-state index is 13.2. The number of anilines is 1. The Morgan fingerprint density at radius 3 is 2.63 bits per heavy atom. The van der Waals surface area contributed by atoms with Crippen LogP contribution >= 0.6 is 28.6 Å². The van der Waals surface area contributed by atoms with E-state index in [1.165, 1.54) is 17.0 Å². The van der Waals surface area contributed by atoms with E-state index >= 15 is 0 Å². The van der Waals surface area contributed by atoms with Gasteiger partial charge >= 0.3 is 0 Å². The van der Waals surface area contributed by atoms with Crippen molar-refractivity contribution in [2.75, 3.05) is 11.9 Å². The molecule has 5 heteroatoms. The van der Waals surface area contributed by atoms with E-state index in [0.29, 0.717) is 16.1 Å². The molecule has 0 aliphatic rings. The second-order valence-corrected chi connectivity index (χ2v) is 5.40. The number of carbonyl (C=O) groups excluding carboxylic acids is 1. The van der Waals surface area contributed by atoms with Crippen LogP contribution in [0.2, 0.25) is 0 Å². The minimum absolute atomic E-state index is 0.233. The van der Waals surface area contributed by atoms with Gasteiger partial charge in [-0.05, 0) is 36.4 Å². The smallest absolute Gasteiger partial charge is 0.259 e. The van der Waals surface area contributed by atoms with Gasteiger partial charge in [-0.3, -0.25) is 4.79 Å². The maximum Gasteiger partial charge on any atom is 0.259 e. The van der Waals surface area contributed by atoms with Gasteiger partial charge in [0.1, 0.15) is 5.82 Å². The molecule has 0 heterocycles. The highest BCUT2D eigenvalue weighted by Crippen LogP contribution is 2.23. The summed E-state index contributed by atoms with van der Waals surface area (Å²) in [5.41, 5.74) is 0.971. The molecule has 0 saturated heterocycles. The summed E-state index contributed by atoms with van der Waals surface area (Å²) in [4.78, 5) is 14.3. The molecule has 2 nitrogen and oxygen atoms in total. The molecule has 0 aromatic heterocycles. The lowest BCUT2D eigenvalue weighted by molar-refractivity contribution is 0.0990. The van der Waals surface area contributed by atoms with Gasteiger partial charge in [-0.2, -0.15) is 0 Å². The minimum atomic E-state index is -0.376. The van der Waals surface area contributed by atoms with Crippen LogP contribution in [0.5, 0.6) is 0 Å². The lowest BCUT2D eigenvalue weighted by Crippen LogP contribution is -2.26. The summed E-state index contributed by atoms with van der Waals surface area (Å²) in [5, 5.41) is 0. The number of hydrogen-bond donors (Lipinski definition) is 1. The second-order valence-electron chi connectivity index (χ2n) is 4.01. The fraction of sp³-hybridized carbons (Fsp3) is 0.0714. The molecule has 2 rings (SSSR count). The molecule has 0 bridgehead atoms. The van der Waals surface area contributed by atoms with E-state index in [1.807, 2.05) is 0 Å². The molecular formula is C14H11BrFNOS. The summed E-state index contributed by atoms with van der Waals surface area (Å²) >= 11 is 7.60. The molecule has 2 aromatic carbocycles. The van der Waals surface area contributed by atoms with Crippen molar-refractivity contribution in [2.45, 2.75) is 4.90 Å². The number of halogens is 2. The highest BCUT2D eigenvalue weighted by molar-refractivity contribution is 9.10. The lowest BCUT2D eigenvalue weighted by Gasteiger charge is -2.18. The highest BCUT2D eigenvalue weighted by Gasteiger charge is 2.16. The molecular weight excluding hydrogens is 329 g/mol. The number of amides is 1. The minimum Gasteiger partial charge on any atom is -0.311 e. The number of hydrogen-bond acceptors (Lipinski definition) is 2. The summed E-state index contributed by atoms with van der Waals surface area (Å²) in [6, 6.07) is 11.1. The van der Waals surface area contributed by atoms with Crippen molar-refractivity contribution in [3.05, 3.63) is 58.3 Å². The number of thiol groups is 1. The van der Waals surface area contributed by atoms with Crippen LogP contribution in [-0.2, 0) is 0 Å². The van der Waals surface area contributed by atoms with Crippen LogP contribution in [0, 0.1) is 5.82 Å². The van der Waals surface area contributed by atoms with Gasteiger partial charge in [0.2, 0.25) is 0 Å². The fourth-order valence-corrected chi connectivity index (χ4v) is 2.52. The zero-order valence-corrected chi connectivity index (χ0v) is 12.6. The Labute approximate surface area is 124 Å². The molecule has 0 atom stereocenters. The maximum absolute atomic E-state index is 13.2. The van der Waals surface area contributed by atoms with Crippen LogP contribution in [0.4, 0.5) is 10.1 Å². The van der Waals surface area contributed by atoms with Crippen LogP contribution in [0.25, 0.3) is 0 Å². The standard InChI is InChI=1S/C14H11BrFNOS/c1-17(11-4-2-3-10(16)8-11)14(18)12-6-5-9(15)7-13(12)19/h2-8,19H,1H3. The fourth-order valence-electron chi connectivity index (χ4n) is 1.67. The lowest BCUT2D eigenvalue weighted by atomic mass is 10.2. The topological polar surface area (TPSA) is 20.3 Å². The Bertz CT molecular complexity index is 633. The van der Waals surface area contributed by atoms with Crippen molar-refractivity contribution in [1.82, 2.24) is 0 Å². The van der Waals surface area contributed by atoms with Gasteiger partial charge in [-0.15, -0.1) is 12.6 Å². The van der Waals surface area contributed by atoms with E-state index < -0.39 is 0 Å². The van der Waals surface area contributed by atoms with E-state index in [4.69, 9.17) is 0 Å². The Morgan fingerprint density at radius 2 is 2.00 bits per heavy atom. The third-order valence-corrected chi connectivity index (χ3v) is 3.55. The molecule has 0 saturated carbocycles. The van der Waals surface area contributed by atoms with Gasteiger partial charge < -0.3 is 4.90 Å². The molecule has 0 unspecified atom stereocenters. The molecule has 0 N–H and O–H groups in total. The van der Waals surface area contributed by atoms with Crippen molar-refractivity contribution >= 4 is 40.2 Å². The highest BCUT2D eigenvalue weighted by atomic mass is 79.9. The van der Waals surface area contributed by atoms with Gasteiger partial charge in [-0.1, -0.05) is 22.0 Å².